The van der Waals surface area contributed by atoms with Crippen LogP contribution < -0.4 is 9.47 Å². The lowest BCUT2D eigenvalue weighted by atomic mass is 9.95. The highest BCUT2D eigenvalue weighted by Gasteiger charge is 2.29. The molecule has 172 valence electrons. The van der Waals surface area contributed by atoms with Gasteiger partial charge in [-0.15, -0.1) is 0 Å². The maximum Gasteiger partial charge on any atom is 0.257 e. The Labute approximate surface area is 189 Å². The summed E-state index contributed by atoms with van der Waals surface area (Å²) in [5.41, 5.74) is 3.00. The average molecular weight is 441 g/mol. The van der Waals surface area contributed by atoms with E-state index in [0.29, 0.717) is 30.2 Å². The zero-order valence-electron chi connectivity index (χ0n) is 19.8. The van der Waals surface area contributed by atoms with E-state index >= 15 is 0 Å². The molecule has 0 bridgehead atoms. The molecule has 0 spiro atoms. The van der Waals surface area contributed by atoms with E-state index in [0.717, 1.165) is 35.6 Å². The Morgan fingerprint density at radius 1 is 1.12 bits per heavy atom. The predicted octanol–water partition coefficient (Wildman–Crippen LogP) is 2.76. The van der Waals surface area contributed by atoms with Crippen LogP contribution in [0.1, 0.15) is 51.9 Å². The molecule has 8 heteroatoms. The molecule has 32 heavy (non-hydrogen) atoms. The third kappa shape index (κ3) is 5.00. The average Bonchev–Trinajstić information content (AvgIpc) is 2.80. The minimum atomic E-state index is -0.0907. The van der Waals surface area contributed by atoms with Gasteiger partial charge in [0, 0.05) is 50.1 Å². The molecule has 0 radical (unpaired) electrons. The quantitative estimate of drug-likeness (QED) is 0.687. The topological polar surface area (TPSA) is 84.9 Å². The lowest BCUT2D eigenvalue weighted by molar-refractivity contribution is -0.128. The maximum absolute atomic E-state index is 13.3. The van der Waals surface area contributed by atoms with Crippen molar-refractivity contribution >= 4 is 11.8 Å². The second-order valence-electron chi connectivity index (χ2n) is 8.35. The van der Waals surface area contributed by atoms with Crippen molar-refractivity contribution in [3.8, 4) is 11.5 Å². The second kappa shape index (κ2) is 9.97. The summed E-state index contributed by atoms with van der Waals surface area (Å²) in [6, 6.07) is 5.24. The van der Waals surface area contributed by atoms with Gasteiger partial charge in [-0.05, 0) is 44.9 Å². The van der Waals surface area contributed by atoms with Crippen LogP contribution in [0.15, 0.2) is 18.2 Å². The normalized spacial score (nSPS) is 15.9. The van der Waals surface area contributed by atoms with E-state index in [-0.39, 0.29) is 24.2 Å². The summed E-state index contributed by atoms with van der Waals surface area (Å²) >= 11 is 0. The number of hydrogen-bond donors (Lipinski definition) is 0. The van der Waals surface area contributed by atoms with Gasteiger partial charge in [0.25, 0.3) is 5.91 Å². The Kier molecular flexibility index (Phi) is 7.33. The van der Waals surface area contributed by atoms with Gasteiger partial charge in [0.2, 0.25) is 5.91 Å². The summed E-state index contributed by atoms with van der Waals surface area (Å²) in [4.78, 5) is 38.3. The van der Waals surface area contributed by atoms with Crippen LogP contribution in [-0.2, 0) is 11.2 Å². The number of benzene rings is 1. The van der Waals surface area contributed by atoms with Gasteiger partial charge >= 0.3 is 0 Å². The van der Waals surface area contributed by atoms with E-state index < -0.39 is 0 Å². The zero-order chi connectivity index (χ0) is 23.4. The number of piperidine rings is 1. The Bertz CT molecular complexity index is 982. The highest BCUT2D eigenvalue weighted by molar-refractivity contribution is 5.97. The van der Waals surface area contributed by atoms with Crippen LogP contribution in [0.3, 0.4) is 0 Å². The van der Waals surface area contributed by atoms with Gasteiger partial charge in [0.15, 0.2) is 0 Å². The smallest absolute Gasteiger partial charge is 0.257 e. The molecule has 8 nitrogen and oxygen atoms in total. The minimum absolute atomic E-state index is 0.0224. The molecule has 0 saturated carbocycles. The molecule has 1 atom stereocenters. The van der Waals surface area contributed by atoms with Gasteiger partial charge in [0.1, 0.15) is 17.3 Å². The first kappa shape index (κ1) is 23.5. The van der Waals surface area contributed by atoms with E-state index in [4.69, 9.17) is 19.4 Å². The second-order valence-corrected chi connectivity index (χ2v) is 8.35. The first-order valence-electron chi connectivity index (χ1n) is 10.8. The SMILES string of the molecule is COc1ccc(OC)c(C(=O)N2CCC[C@H](c3nc(C)c(CC(=O)N(C)C)c(C)n3)C2)c1. The number of amides is 2. The highest BCUT2D eigenvalue weighted by Crippen LogP contribution is 2.30. The Morgan fingerprint density at radius 3 is 2.41 bits per heavy atom. The van der Waals surface area contributed by atoms with Gasteiger partial charge in [-0.2, -0.15) is 0 Å². The zero-order valence-corrected chi connectivity index (χ0v) is 19.8. The summed E-state index contributed by atoms with van der Waals surface area (Å²) in [7, 11) is 6.62. The van der Waals surface area contributed by atoms with Crippen LogP contribution >= 0.6 is 0 Å². The number of rotatable bonds is 6. The van der Waals surface area contributed by atoms with Crippen molar-refractivity contribution in [2.45, 2.75) is 39.0 Å². The standard InChI is InChI=1S/C24H32N4O4/c1-15-19(13-22(29)27(3)4)16(2)26-23(25-15)17-8-7-11-28(14-17)24(30)20-12-18(31-5)9-10-21(20)32-6/h9-10,12,17H,7-8,11,13-14H2,1-6H3/t17-/m0/s1. The largest absolute Gasteiger partial charge is 0.497 e. The van der Waals surface area contributed by atoms with Crippen LogP contribution in [0.25, 0.3) is 0 Å². The number of carbonyl (C=O) groups excluding carboxylic acids is 2. The molecule has 1 aliphatic heterocycles. The van der Waals surface area contributed by atoms with E-state index in [1.807, 2.05) is 18.7 Å². The molecule has 2 heterocycles. The molecule has 0 unspecified atom stereocenters. The summed E-state index contributed by atoms with van der Waals surface area (Å²) in [6.07, 6.45) is 2.06. The van der Waals surface area contributed by atoms with Crippen LogP contribution in [0.2, 0.25) is 0 Å². The van der Waals surface area contributed by atoms with Crippen LogP contribution in [-0.4, -0.2) is 73.0 Å². The highest BCUT2D eigenvalue weighted by atomic mass is 16.5. The number of nitrogens with zero attached hydrogens (tertiary/aromatic N) is 4. The first-order chi connectivity index (χ1) is 15.2. The molecule has 0 N–H and O–H groups in total. The van der Waals surface area contributed by atoms with Crippen molar-refractivity contribution < 1.29 is 19.1 Å². The number of likely N-dealkylation sites (tertiary alicyclic amines) is 1. The Morgan fingerprint density at radius 2 is 1.81 bits per heavy atom. The van der Waals surface area contributed by atoms with Crippen LogP contribution in [0.5, 0.6) is 11.5 Å². The molecule has 1 fully saturated rings. The summed E-state index contributed by atoms with van der Waals surface area (Å²) in [6.45, 7) is 5.05. The molecule has 1 aliphatic rings. The molecule has 3 rings (SSSR count). The van der Waals surface area contributed by atoms with E-state index in [2.05, 4.69) is 0 Å². The number of methoxy groups -OCH3 is 2. The molecular weight excluding hydrogens is 408 g/mol. The van der Waals surface area contributed by atoms with Gasteiger partial charge in [-0.3, -0.25) is 9.59 Å². The Balaban J connectivity index is 1.82. The van der Waals surface area contributed by atoms with Crippen LogP contribution in [0.4, 0.5) is 0 Å². The maximum atomic E-state index is 13.3. The third-order valence-electron chi connectivity index (χ3n) is 5.98. The molecule has 2 aromatic rings. The van der Waals surface area contributed by atoms with E-state index in [1.165, 1.54) is 0 Å². The number of likely N-dealkylation sites (N-methyl/N-ethyl adjacent to an activating group) is 1. The van der Waals surface area contributed by atoms with Crippen molar-refractivity contribution in [2.24, 2.45) is 0 Å². The molecular formula is C24H32N4O4. The number of aromatic nitrogens is 2. The lowest BCUT2D eigenvalue weighted by Gasteiger charge is -2.32. The molecule has 2 amide bonds. The van der Waals surface area contributed by atoms with E-state index in [1.54, 1.807) is 51.4 Å². The van der Waals surface area contributed by atoms with Gasteiger partial charge in [0.05, 0.1) is 26.2 Å². The number of hydrogen-bond acceptors (Lipinski definition) is 6. The Hall–Kier alpha value is -3.16. The summed E-state index contributed by atoms with van der Waals surface area (Å²) < 4.78 is 10.7. The van der Waals surface area contributed by atoms with Crippen LogP contribution in [0, 0.1) is 13.8 Å². The predicted molar refractivity (Wildman–Crippen MR) is 121 cm³/mol. The van der Waals surface area contributed by atoms with Crippen molar-refractivity contribution in [1.29, 1.82) is 0 Å². The molecule has 0 aliphatic carbocycles. The number of carbonyl (C=O) groups is 2. The van der Waals surface area contributed by atoms with Gasteiger partial charge in [-0.25, -0.2) is 9.97 Å². The minimum Gasteiger partial charge on any atom is -0.497 e. The van der Waals surface area contributed by atoms with Gasteiger partial charge < -0.3 is 19.3 Å². The van der Waals surface area contributed by atoms with Crippen molar-refractivity contribution in [3.05, 3.63) is 46.5 Å². The fraction of sp³-hybridized carbons (Fsp3) is 0.500. The fourth-order valence-electron chi connectivity index (χ4n) is 4.04. The number of ether oxygens (including phenoxy) is 2. The number of aryl methyl sites for hydroxylation is 2. The molecule has 1 saturated heterocycles. The van der Waals surface area contributed by atoms with Crippen molar-refractivity contribution in [1.82, 2.24) is 19.8 Å². The molecule has 1 aromatic carbocycles. The van der Waals surface area contributed by atoms with Crippen molar-refractivity contribution in [3.63, 3.8) is 0 Å². The summed E-state index contributed by atoms with van der Waals surface area (Å²) in [5, 5.41) is 0. The fourth-order valence-corrected chi connectivity index (χ4v) is 4.04. The van der Waals surface area contributed by atoms with Gasteiger partial charge in [-0.1, -0.05) is 0 Å². The molecule has 1 aromatic heterocycles. The van der Waals surface area contributed by atoms with E-state index in [9.17, 15) is 9.59 Å². The first-order valence-corrected chi connectivity index (χ1v) is 10.8. The van der Waals surface area contributed by atoms with Crippen molar-refractivity contribution in [2.75, 3.05) is 41.4 Å². The summed E-state index contributed by atoms with van der Waals surface area (Å²) in [5.74, 6) is 1.84. The monoisotopic (exact) mass is 440 g/mol. The lowest BCUT2D eigenvalue weighted by Crippen LogP contribution is -2.39. The third-order valence-corrected chi connectivity index (χ3v) is 5.98.